The molecule has 0 amide bonds. The van der Waals surface area contributed by atoms with Gasteiger partial charge < -0.3 is 23.7 Å². The van der Waals surface area contributed by atoms with E-state index in [1.54, 1.807) is 37.5 Å². The first-order valence-corrected chi connectivity index (χ1v) is 9.85. The van der Waals surface area contributed by atoms with Gasteiger partial charge in [-0.25, -0.2) is 0 Å². The standard InChI is InChI=1S/C24H30O7/c1-8-11-24(14-21(30-7)20(29-6)13-22(24)26)15(2)23(31-16(3)25)17-9-10-18(27-4)19(12-17)28-5/h8-10,12-15,23H,1,11H2,2-7H3/t15-,23-,24?/m1/s1. The molecule has 1 aromatic rings. The maximum absolute atomic E-state index is 13.3. The summed E-state index contributed by atoms with van der Waals surface area (Å²) in [4.78, 5) is 25.3. The van der Waals surface area contributed by atoms with E-state index in [4.69, 9.17) is 23.7 Å². The first-order chi connectivity index (χ1) is 14.8. The van der Waals surface area contributed by atoms with Crippen molar-refractivity contribution in [3.63, 3.8) is 0 Å². The van der Waals surface area contributed by atoms with Crippen LogP contribution in [0, 0.1) is 11.3 Å². The zero-order chi connectivity index (χ0) is 23.2. The highest BCUT2D eigenvalue weighted by molar-refractivity contribution is 5.99. The van der Waals surface area contributed by atoms with Gasteiger partial charge in [-0.3, -0.25) is 9.59 Å². The van der Waals surface area contributed by atoms with Crippen LogP contribution in [0.3, 0.4) is 0 Å². The molecule has 0 aliphatic heterocycles. The molecular formula is C24H30O7. The summed E-state index contributed by atoms with van der Waals surface area (Å²) in [5.41, 5.74) is -0.381. The van der Waals surface area contributed by atoms with E-state index < -0.39 is 23.4 Å². The maximum Gasteiger partial charge on any atom is 0.303 e. The Balaban J connectivity index is 2.63. The molecule has 7 nitrogen and oxygen atoms in total. The maximum atomic E-state index is 13.3. The van der Waals surface area contributed by atoms with E-state index in [2.05, 4.69) is 6.58 Å². The van der Waals surface area contributed by atoms with Crippen molar-refractivity contribution >= 4 is 11.8 Å². The number of ketones is 1. The Kier molecular flexibility index (Phi) is 7.91. The number of hydrogen-bond acceptors (Lipinski definition) is 7. The second-order valence-corrected chi connectivity index (χ2v) is 7.26. The van der Waals surface area contributed by atoms with Gasteiger partial charge in [0.15, 0.2) is 28.8 Å². The van der Waals surface area contributed by atoms with Gasteiger partial charge in [0.25, 0.3) is 0 Å². The lowest BCUT2D eigenvalue weighted by Gasteiger charge is -2.40. The van der Waals surface area contributed by atoms with Crippen molar-refractivity contribution in [1.29, 1.82) is 0 Å². The van der Waals surface area contributed by atoms with E-state index in [-0.39, 0.29) is 5.78 Å². The highest BCUT2D eigenvalue weighted by Crippen LogP contribution is 2.48. The fraction of sp³-hybridized carbons (Fsp3) is 0.417. The highest BCUT2D eigenvalue weighted by Gasteiger charge is 2.47. The summed E-state index contributed by atoms with van der Waals surface area (Å²) in [6.07, 6.45) is 4.39. The molecule has 3 atom stereocenters. The smallest absolute Gasteiger partial charge is 0.303 e. The third-order valence-corrected chi connectivity index (χ3v) is 5.57. The first kappa shape index (κ1) is 24.1. The van der Waals surface area contributed by atoms with Gasteiger partial charge in [-0.2, -0.15) is 0 Å². The van der Waals surface area contributed by atoms with Crippen molar-refractivity contribution in [2.45, 2.75) is 26.4 Å². The largest absolute Gasteiger partial charge is 0.493 e. The van der Waals surface area contributed by atoms with Crippen molar-refractivity contribution in [2.24, 2.45) is 11.3 Å². The number of methoxy groups -OCH3 is 4. The number of hydrogen-bond donors (Lipinski definition) is 0. The van der Waals surface area contributed by atoms with E-state index in [9.17, 15) is 9.59 Å². The van der Waals surface area contributed by atoms with Gasteiger partial charge in [-0.15, -0.1) is 6.58 Å². The van der Waals surface area contributed by atoms with E-state index in [0.29, 0.717) is 35.0 Å². The molecule has 1 aliphatic rings. The molecule has 2 rings (SSSR count). The average molecular weight is 430 g/mol. The van der Waals surface area contributed by atoms with Crippen molar-refractivity contribution in [3.05, 3.63) is 60.1 Å². The van der Waals surface area contributed by atoms with Crippen molar-refractivity contribution < 1.29 is 33.3 Å². The molecular weight excluding hydrogens is 400 g/mol. The lowest BCUT2D eigenvalue weighted by Crippen LogP contribution is -2.41. The van der Waals surface area contributed by atoms with E-state index >= 15 is 0 Å². The summed E-state index contributed by atoms with van der Waals surface area (Å²) in [6, 6.07) is 5.27. The number of rotatable bonds is 10. The predicted octanol–water partition coefficient (Wildman–Crippen LogP) is 4.15. The van der Waals surface area contributed by atoms with Crippen LogP contribution in [0.1, 0.15) is 31.9 Å². The molecule has 0 N–H and O–H groups in total. The number of carbonyl (C=O) groups is 2. The number of carbonyl (C=O) groups excluding carboxylic acids is 2. The molecule has 0 saturated heterocycles. The molecule has 168 valence electrons. The Morgan fingerprint density at radius 2 is 1.71 bits per heavy atom. The molecule has 0 spiro atoms. The molecule has 0 fully saturated rings. The van der Waals surface area contributed by atoms with Crippen LogP contribution in [0.4, 0.5) is 0 Å². The van der Waals surface area contributed by atoms with Crippen LogP contribution >= 0.6 is 0 Å². The van der Waals surface area contributed by atoms with Crippen LogP contribution in [0.25, 0.3) is 0 Å². The predicted molar refractivity (Wildman–Crippen MR) is 116 cm³/mol. The third-order valence-electron chi connectivity index (χ3n) is 5.57. The minimum Gasteiger partial charge on any atom is -0.493 e. The lowest BCUT2D eigenvalue weighted by atomic mass is 9.65. The van der Waals surface area contributed by atoms with Crippen molar-refractivity contribution in [1.82, 2.24) is 0 Å². The summed E-state index contributed by atoms with van der Waals surface area (Å²) in [7, 11) is 6.05. The topological polar surface area (TPSA) is 80.3 Å². The van der Waals surface area contributed by atoms with Crippen LogP contribution in [-0.4, -0.2) is 40.2 Å². The lowest BCUT2D eigenvalue weighted by molar-refractivity contribution is -0.153. The molecule has 1 aliphatic carbocycles. The molecule has 1 aromatic carbocycles. The van der Waals surface area contributed by atoms with Gasteiger partial charge in [-0.1, -0.05) is 19.1 Å². The third kappa shape index (κ3) is 4.76. The second-order valence-electron chi connectivity index (χ2n) is 7.26. The molecule has 1 unspecified atom stereocenters. The van der Waals surface area contributed by atoms with Crippen LogP contribution in [0.15, 0.2) is 54.5 Å². The average Bonchev–Trinajstić information content (AvgIpc) is 2.77. The molecule has 0 radical (unpaired) electrons. The molecule has 0 heterocycles. The monoisotopic (exact) mass is 430 g/mol. The summed E-state index contributed by atoms with van der Waals surface area (Å²) >= 11 is 0. The zero-order valence-corrected chi connectivity index (χ0v) is 18.9. The van der Waals surface area contributed by atoms with Gasteiger partial charge in [0, 0.05) is 18.9 Å². The number of ether oxygens (including phenoxy) is 5. The normalized spacial score (nSPS) is 20.0. The van der Waals surface area contributed by atoms with E-state index in [1.807, 2.05) is 6.92 Å². The van der Waals surface area contributed by atoms with Crippen LogP contribution in [-0.2, 0) is 23.8 Å². The van der Waals surface area contributed by atoms with Crippen LogP contribution in [0.2, 0.25) is 0 Å². The number of allylic oxidation sites excluding steroid dienone is 3. The van der Waals surface area contributed by atoms with Gasteiger partial charge in [0.2, 0.25) is 0 Å². The van der Waals surface area contributed by atoms with Crippen LogP contribution < -0.4 is 9.47 Å². The minimum absolute atomic E-state index is 0.185. The SMILES string of the molecule is C=CCC1([C@H](C)[C@@H](OC(C)=O)c2ccc(OC)c(OC)c2)C=C(OC)C(OC)=CC1=O. The summed E-state index contributed by atoms with van der Waals surface area (Å²) in [5, 5.41) is 0. The fourth-order valence-electron chi connectivity index (χ4n) is 3.90. The van der Waals surface area contributed by atoms with E-state index in [0.717, 1.165) is 0 Å². The molecule has 0 saturated carbocycles. The Hall–Kier alpha value is -3.22. The Labute approximate surface area is 183 Å². The first-order valence-electron chi connectivity index (χ1n) is 9.85. The number of esters is 1. The molecule has 31 heavy (non-hydrogen) atoms. The second kappa shape index (κ2) is 10.2. The number of benzene rings is 1. The Morgan fingerprint density at radius 1 is 1.06 bits per heavy atom. The fourth-order valence-corrected chi connectivity index (χ4v) is 3.90. The van der Waals surface area contributed by atoms with Crippen molar-refractivity contribution in [3.8, 4) is 11.5 Å². The summed E-state index contributed by atoms with van der Waals surface area (Å²) in [5.74, 6) is 0.693. The summed E-state index contributed by atoms with van der Waals surface area (Å²) < 4.78 is 27.2. The molecule has 0 bridgehead atoms. The van der Waals surface area contributed by atoms with Gasteiger partial charge >= 0.3 is 5.97 Å². The molecule has 7 heteroatoms. The van der Waals surface area contributed by atoms with Gasteiger partial charge in [-0.05, 0) is 30.2 Å². The van der Waals surface area contributed by atoms with Crippen LogP contribution in [0.5, 0.6) is 11.5 Å². The minimum atomic E-state index is -1.05. The highest BCUT2D eigenvalue weighted by atomic mass is 16.5. The zero-order valence-electron chi connectivity index (χ0n) is 18.9. The quantitative estimate of drug-likeness (QED) is 0.407. The Morgan fingerprint density at radius 3 is 2.23 bits per heavy atom. The van der Waals surface area contributed by atoms with Crippen molar-refractivity contribution in [2.75, 3.05) is 28.4 Å². The summed E-state index contributed by atoms with van der Waals surface area (Å²) in [6.45, 7) is 7.03. The molecule has 0 aromatic heterocycles. The van der Waals surface area contributed by atoms with Gasteiger partial charge in [0.1, 0.15) is 6.10 Å². The Bertz CT molecular complexity index is 899. The van der Waals surface area contributed by atoms with E-state index in [1.165, 1.54) is 34.3 Å². The van der Waals surface area contributed by atoms with Gasteiger partial charge in [0.05, 0.1) is 33.9 Å².